The van der Waals surface area contributed by atoms with Gasteiger partial charge in [0.1, 0.15) is 17.1 Å². The van der Waals surface area contributed by atoms with E-state index in [-0.39, 0.29) is 6.04 Å². The highest BCUT2D eigenvalue weighted by Crippen LogP contribution is 2.36. The second kappa shape index (κ2) is 6.34. The molecular weight excluding hydrogens is 292 g/mol. The SMILES string of the molecule is COc1ccc([C@](C)(O)[C@H]2CCCN2Cc2cc(C)on2)cc1. The van der Waals surface area contributed by atoms with Crippen LogP contribution in [0.5, 0.6) is 5.75 Å². The lowest BCUT2D eigenvalue weighted by Gasteiger charge is -2.36. The molecule has 5 heteroatoms. The van der Waals surface area contributed by atoms with Gasteiger partial charge < -0.3 is 14.4 Å². The molecule has 0 aliphatic carbocycles. The summed E-state index contributed by atoms with van der Waals surface area (Å²) in [6.45, 7) is 5.45. The number of ether oxygens (including phenoxy) is 1. The Hall–Kier alpha value is -1.85. The maximum absolute atomic E-state index is 11.2. The molecule has 23 heavy (non-hydrogen) atoms. The Morgan fingerprint density at radius 3 is 2.74 bits per heavy atom. The van der Waals surface area contributed by atoms with Crippen molar-refractivity contribution in [2.24, 2.45) is 0 Å². The van der Waals surface area contributed by atoms with Crippen LogP contribution in [0.2, 0.25) is 0 Å². The van der Waals surface area contributed by atoms with Gasteiger partial charge in [0, 0.05) is 18.7 Å². The first-order valence-corrected chi connectivity index (χ1v) is 8.04. The number of nitrogens with zero attached hydrogens (tertiary/aromatic N) is 2. The second-order valence-corrected chi connectivity index (χ2v) is 6.43. The van der Waals surface area contributed by atoms with E-state index in [1.807, 2.05) is 44.2 Å². The van der Waals surface area contributed by atoms with Crippen molar-refractivity contribution in [1.29, 1.82) is 0 Å². The van der Waals surface area contributed by atoms with Crippen LogP contribution in [-0.2, 0) is 12.1 Å². The summed E-state index contributed by atoms with van der Waals surface area (Å²) < 4.78 is 10.4. The molecule has 0 amide bonds. The highest BCUT2D eigenvalue weighted by atomic mass is 16.5. The van der Waals surface area contributed by atoms with E-state index in [1.165, 1.54) is 0 Å². The lowest BCUT2D eigenvalue weighted by atomic mass is 9.86. The smallest absolute Gasteiger partial charge is 0.133 e. The lowest BCUT2D eigenvalue weighted by Crippen LogP contribution is -2.45. The van der Waals surface area contributed by atoms with Gasteiger partial charge >= 0.3 is 0 Å². The molecule has 1 N–H and O–H groups in total. The average molecular weight is 316 g/mol. The summed E-state index contributed by atoms with van der Waals surface area (Å²) >= 11 is 0. The standard InChI is InChI=1S/C18H24N2O3/c1-13-11-15(19-23-13)12-20-10-4-5-17(20)18(2,21)14-6-8-16(22-3)9-7-14/h6-9,11,17,21H,4-5,10,12H2,1-3H3/t17-,18+/m1/s1. The van der Waals surface area contributed by atoms with Gasteiger partial charge in [0.05, 0.1) is 12.8 Å². The molecule has 1 aliphatic rings. The Morgan fingerprint density at radius 1 is 1.39 bits per heavy atom. The van der Waals surface area contributed by atoms with Gasteiger partial charge in [-0.15, -0.1) is 0 Å². The average Bonchev–Trinajstić information content (AvgIpc) is 3.17. The fourth-order valence-corrected chi connectivity index (χ4v) is 3.47. The highest BCUT2D eigenvalue weighted by Gasteiger charge is 2.40. The number of likely N-dealkylation sites (tertiary alicyclic amines) is 1. The van der Waals surface area contributed by atoms with Gasteiger partial charge in [-0.2, -0.15) is 0 Å². The zero-order valence-corrected chi connectivity index (χ0v) is 14.0. The van der Waals surface area contributed by atoms with Crippen LogP contribution in [0.15, 0.2) is 34.9 Å². The topological polar surface area (TPSA) is 58.7 Å². The quantitative estimate of drug-likeness (QED) is 0.919. The third-order valence-electron chi connectivity index (χ3n) is 4.73. The normalized spacial score (nSPS) is 21.3. The van der Waals surface area contributed by atoms with Crippen molar-refractivity contribution in [3.8, 4) is 5.75 Å². The van der Waals surface area contributed by atoms with Crippen LogP contribution in [0.4, 0.5) is 0 Å². The maximum Gasteiger partial charge on any atom is 0.133 e. The zero-order chi connectivity index (χ0) is 16.4. The van der Waals surface area contributed by atoms with E-state index in [4.69, 9.17) is 9.26 Å². The zero-order valence-electron chi connectivity index (χ0n) is 14.0. The third kappa shape index (κ3) is 3.26. The Kier molecular flexibility index (Phi) is 4.41. The van der Waals surface area contributed by atoms with E-state index in [2.05, 4.69) is 10.1 Å². The number of benzene rings is 1. The van der Waals surface area contributed by atoms with Gasteiger partial charge in [0.25, 0.3) is 0 Å². The Balaban J connectivity index is 1.79. The van der Waals surface area contributed by atoms with E-state index in [1.54, 1.807) is 7.11 Å². The number of aromatic nitrogens is 1. The summed E-state index contributed by atoms with van der Waals surface area (Å²) in [6.07, 6.45) is 2.05. The second-order valence-electron chi connectivity index (χ2n) is 6.43. The van der Waals surface area contributed by atoms with E-state index >= 15 is 0 Å². The molecule has 0 bridgehead atoms. The minimum absolute atomic E-state index is 0.0629. The van der Waals surface area contributed by atoms with Gasteiger partial charge in [-0.05, 0) is 50.9 Å². The number of hydrogen-bond donors (Lipinski definition) is 1. The third-order valence-corrected chi connectivity index (χ3v) is 4.73. The molecule has 0 saturated carbocycles. The molecule has 1 aliphatic heterocycles. The predicted molar refractivity (Wildman–Crippen MR) is 87.2 cm³/mol. The van der Waals surface area contributed by atoms with E-state index in [0.29, 0.717) is 6.54 Å². The summed E-state index contributed by atoms with van der Waals surface area (Å²) in [5, 5.41) is 15.3. The van der Waals surface area contributed by atoms with Gasteiger partial charge in [0.15, 0.2) is 0 Å². The summed E-state index contributed by atoms with van der Waals surface area (Å²) in [7, 11) is 1.64. The van der Waals surface area contributed by atoms with Crippen molar-refractivity contribution in [2.45, 2.75) is 44.9 Å². The number of rotatable bonds is 5. The fraction of sp³-hybridized carbons (Fsp3) is 0.500. The van der Waals surface area contributed by atoms with Gasteiger partial charge in [-0.3, -0.25) is 4.90 Å². The molecule has 0 unspecified atom stereocenters. The minimum Gasteiger partial charge on any atom is -0.497 e. The summed E-state index contributed by atoms with van der Waals surface area (Å²) in [5.74, 6) is 1.61. The van der Waals surface area contributed by atoms with Crippen molar-refractivity contribution in [3.63, 3.8) is 0 Å². The summed E-state index contributed by atoms with van der Waals surface area (Å²) in [5.41, 5.74) is 0.910. The van der Waals surface area contributed by atoms with E-state index in [9.17, 15) is 5.11 Å². The van der Waals surface area contributed by atoms with Crippen molar-refractivity contribution in [3.05, 3.63) is 47.3 Å². The Morgan fingerprint density at radius 2 is 2.13 bits per heavy atom. The summed E-state index contributed by atoms with van der Waals surface area (Å²) in [6, 6.07) is 9.68. The summed E-state index contributed by atoms with van der Waals surface area (Å²) in [4.78, 5) is 2.29. The first-order valence-electron chi connectivity index (χ1n) is 8.04. The molecule has 124 valence electrons. The molecule has 2 heterocycles. The van der Waals surface area contributed by atoms with E-state index < -0.39 is 5.60 Å². The Labute approximate surface area is 136 Å². The van der Waals surface area contributed by atoms with Crippen LogP contribution in [0.3, 0.4) is 0 Å². The van der Waals surface area contributed by atoms with Crippen LogP contribution < -0.4 is 4.74 Å². The maximum atomic E-state index is 11.2. The number of methoxy groups -OCH3 is 1. The molecule has 2 atom stereocenters. The van der Waals surface area contributed by atoms with E-state index in [0.717, 1.165) is 42.2 Å². The molecule has 1 fully saturated rings. The highest BCUT2D eigenvalue weighted by molar-refractivity contribution is 5.31. The number of hydrogen-bond acceptors (Lipinski definition) is 5. The van der Waals surface area contributed by atoms with Crippen molar-refractivity contribution >= 4 is 0 Å². The number of aliphatic hydroxyl groups is 1. The van der Waals surface area contributed by atoms with Crippen molar-refractivity contribution in [2.75, 3.05) is 13.7 Å². The molecule has 0 spiro atoms. The van der Waals surface area contributed by atoms with Crippen LogP contribution in [0.1, 0.15) is 36.8 Å². The van der Waals surface area contributed by atoms with Crippen molar-refractivity contribution in [1.82, 2.24) is 10.1 Å². The molecule has 1 aromatic carbocycles. The molecule has 1 saturated heterocycles. The Bertz CT molecular complexity index is 649. The predicted octanol–water partition coefficient (Wildman–Crippen LogP) is 2.86. The molecule has 2 aromatic rings. The van der Waals surface area contributed by atoms with Gasteiger partial charge in [-0.25, -0.2) is 0 Å². The van der Waals surface area contributed by atoms with Crippen LogP contribution in [0, 0.1) is 6.92 Å². The molecule has 0 radical (unpaired) electrons. The first kappa shape index (κ1) is 16.0. The fourth-order valence-electron chi connectivity index (χ4n) is 3.47. The molecule has 1 aromatic heterocycles. The molecule has 3 rings (SSSR count). The van der Waals surface area contributed by atoms with Gasteiger partial charge in [0.2, 0.25) is 0 Å². The monoisotopic (exact) mass is 316 g/mol. The van der Waals surface area contributed by atoms with Gasteiger partial charge in [-0.1, -0.05) is 17.3 Å². The number of aryl methyl sites for hydroxylation is 1. The molecule has 5 nitrogen and oxygen atoms in total. The van der Waals surface area contributed by atoms with Crippen LogP contribution in [0.25, 0.3) is 0 Å². The molecular formula is C18H24N2O3. The minimum atomic E-state index is -0.915. The van der Waals surface area contributed by atoms with Crippen LogP contribution >= 0.6 is 0 Å². The van der Waals surface area contributed by atoms with Crippen LogP contribution in [-0.4, -0.2) is 34.9 Å². The largest absolute Gasteiger partial charge is 0.497 e. The first-order chi connectivity index (χ1) is 11.0. The lowest BCUT2D eigenvalue weighted by molar-refractivity contribution is -0.0259. The van der Waals surface area contributed by atoms with Crippen molar-refractivity contribution < 1.29 is 14.4 Å².